The third-order valence-electron chi connectivity index (χ3n) is 32.9. The lowest BCUT2D eigenvalue weighted by molar-refractivity contribution is -0.170. The lowest BCUT2D eigenvalue weighted by Crippen LogP contribution is -2.46. The van der Waals surface area contributed by atoms with Gasteiger partial charge in [-0.05, 0) is 377 Å². The largest absolute Gasteiger partial charge is 0.459 e. The topological polar surface area (TPSA) is 247 Å². The van der Waals surface area contributed by atoms with Crippen molar-refractivity contribution in [2.45, 2.75) is 333 Å². The lowest BCUT2D eigenvalue weighted by atomic mass is 9.76. The van der Waals surface area contributed by atoms with Crippen LogP contribution in [0.5, 0.6) is 0 Å². The number of hydrogen-bond donors (Lipinski definition) is 6. The number of rotatable bonds is 30. The van der Waals surface area contributed by atoms with Crippen LogP contribution in [0, 0.1) is 59.2 Å². The zero-order chi connectivity index (χ0) is 104. The van der Waals surface area contributed by atoms with Crippen LogP contribution in [0.15, 0.2) is 194 Å². The molecule has 145 heavy (non-hydrogen) atoms. The molecule has 4 unspecified atom stereocenters. The fourth-order valence-electron chi connectivity index (χ4n) is 23.7. The van der Waals surface area contributed by atoms with E-state index in [1.165, 1.54) is 32.1 Å². The summed E-state index contributed by atoms with van der Waals surface area (Å²) in [6, 6.07) is 62.3. The number of nitrogens with one attached hydrogen (secondary N) is 6. The molecule has 9 fully saturated rings. The first-order chi connectivity index (χ1) is 69.3. The first-order valence-electron chi connectivity index (χ1n) is 54.9. The molecular weight excluding hydrogens is 1880 g/mol. The maximum atomic E-state index is 13.3. The van der Waals surface area contributed by atoms with Gasteiger partial charge in [-0.15, -0.1) is 0 Å². The molecule has 0 amide bonds. The summed E-state index contributed by atoms with van der Waals surface area (Å²) >= 11 is 17.8. The molecule has 19 nitrogen and oxygen atoms in total. The van der Waals surface area contributed by atoms with Crippen LogP contribution in [-0.4, -0.2) is 154 Å². The average Bonchev–Trinajstić information content (AvgIpc) is 1.68. The predicted molar refractivity (Wildman–Crippen MR) is 586 cm³/mol. The minimum Gasteiger partial charge on any atom is -0.459 e. The van der Waals surface area contributed by atoms with Crippen molar-refractivity contribution in [1.29, 1.82) is 0 Å². The van der Waals surface area contributed by atoms with Crippen LogP contribution in [0.2, 0.25) is 15.1 Å². The second-order valence-electron chi connectivity index (χ2n) is 45.8. The zero-order valence-corrected chi connectivity index (χ0v) is 92.1. The van der Waals surface area contributed by atoms with Crippen molar-refractivity contribution in [1.82, 2.24) is 31.9 Å². The third kappa shape index (κ3) is 34.9. The van der Waals surface area contributed by atoms with Crippen molar-refractivity contribution in [3.8, 4) is 0 Å². The van der Waals surface area contributed by atoms with Gasteiger partial charge in [-0.3, -0.25) is 33.6 Å². The Morgan fingerprint density at radius 3 is 0.903 bits per heavy atom. The number of hydrogen-bond acceptors (Lipinski definition) is 19. The molecular formula is C123H173Cl3N6O13. The molecule has 7 aromatic carbocycles. The van der Waals surface area contributed by atoms with Crippen LogP contribution in [0.3, 0.4) is 0 Å². The van der Waals surface area contributed by atoms with Crippen molar-refractivity contribution in [3.63, 3.8) is 0 Å². The average molecular weight is 2050 g/mol. The highest BCUT2D eigenvalue weighted by Crippen LogP contribution is 2.48. The van der Waals surface area contributed by atoms with Gasteiger partial charge >= 0.3 is 35.8 Å². The maximum absolute atomic E-state index is 13.3. The van der Waals surface area contributed by atoms with Gasteiger partial charge in [-0.1, -0.05) is 246 Å². The van der Waals surface area contributed by atoms with Gasteiger partial charge in [0.1, 0.15) is 39.5 Å². The van der Waals surface area contributed by atoms with E-state index < -0.39 is 33.7 Å². The summed E-state index contributed by atoms with van der Waals surface area (Å²) in [4.78, 5) is 90.4. The molecule has 6 aliphatic heterocycles. The molecule has 6 heterocycles. The first kappa shape index (κ1) is 117. The molecule has 22 heteroatoms. The number of Topliss-reactive ketones (excluding diaryl/α,β-unsaturated/α-hetero) is 1. The van der Waals surface area contributed by atoms with Gasteiger partial charge < -0.3 is 60.3 Å². The van der Waals surface area contributed by atoms with E-state index >= 15 is 0 Å². The summed E-state index contributed by atoms with van der Waals surface area (Å²) in [5, 5.41) is 22.2. The Balaban J connectivity index is 0.000000166. The Labute approximate surface area is 883 Å². The maximum Gasteiger partial charge on any atom is 0.318 e. The van der Waals surface area contributed by atoms with E-state index in [1.807, 2.05) is 187 Å². The van der Waals surface area contributed by atoms with Crippen LogP contribution in [0.4, 0.5) is 0 Å². The standard InChI is InChI=1S/C22H33NO2.C22H27NO2.C21H31NO2.C20H28ClNO2.C19H26ClNO3.C19H28ClNO2/c2*1-22(2,19-13-15-23-16-14-19)25-21(24)20(17-9-5-3-6-10-17)18-11-7-4-8-12-18;1-21(2,18-12-14-22-15-13-18)24-20(23)19(17-10-6-7-11-17)16-8-4-3-5-9-16;1-19(2,15-9-13-22-14-10-15)24-18(23)20(11-3-4-12-20)16-5-7-17(21)8-6-16;1-13(18(23)14-4-6-16(20)7-5-14)12-17(22)24-19(2,3)15-8-10-21-11-9-15;1-13(2)17(14-5-7-16(20)8-6-14)18(22)23-19(3,4)15-9-11-21-12-10-15/h3,5-6,9-10,18-20,23H,4,7-8,11-16H2,1-2H3;3-12,19-20,23H,13-16H2,1-2H3;3-5,8-9,17-19,22H,6-7,10-15H2,1-2H3;5-8,15,22H,3-4,9-14H2,1-2H3;4-7,13,15,21H,8-12H2,1-3H3;5-8,13,15,17,21H,9-12H2,1-4H3. The molecule has 0 radical (unpaired) electrons. The van der Waals surface area contributed by atoms with Gasteiger partial charge in [0.05, 0.1) is 29.6 Å². The lowest BCUT2D eigenvalue weighted by Gasteiger charge is -2.39. The molecule has 6 N–H and O–H groups in total. The Morgan fingerprint density at radius 2 is 0.579 bits per heavy atom. The molecule has 0 aromatic heterocycles. The summed E-state index contributed by atoms with van der Waals surface area (Å²) in [7, 11) is 0. The molecule has 3 aliphatic carbocycles. The summed E-state index contributed by atoms with van der Waals surface area (Å²) in [6.07, 6.45) is 27.4. The van der Waals surface area contributed by atoms with Gasteiger partial charge in [0.2, 0.25) is 0 Å². The van der Waals surface area contributed by atoms with E-state index in [1.54, 1.807) is 31.2 Å². The van der Waals surface area contributed by atoms with Gasteiger partial charge in [0.15, 0.2) is 5.78 Å². The number of ether oxygens (including phenoxy) is 6. The highest BCUT2D eigenvalue weighted by Gasteiger charge is 2.49. The number of ketones is 1. The van der Waals surface area contributed by atoms with Crippen molar-refractivity contribution < 1.29 is 62.0 Å². The summed E-state index contributed by atoms with van der Waals surface area (Å²) < 4.78 is 36.3. The fourth-order valence-corrected chi connectivity index (χ4v) is 24.0. The quantitative estimate of drug-likeness (QED) is 0.0139. The Bertz CT molecular complexity index is 5010. The second-order valence-corrected chi connectivity index (χ2v) is 47.1. The number of halogens is 3. The predicted octanol–water partition coefficient (Wildman–Crippen LogP) is 25.8. The van der Waals surface area contributed by atoms with Crippen molar-refractivity contribution in [2.24, 2.45) is 59.2 Å². The molecule has 4 atom stereocenters. The summed E-state index contributed by atoms with van der Waals surface area (Å²) in [6.45, 7) is 42.5. The van der Waals surface area contributed by atoms with Crippen LogP contribution in [0.25, 0.3) is 0 Å². The Morgan fingerprint density at radius 1 is 0.303 bits per heavy atom. The highest BCUT2D eigenvalue weighted by atomic mass is 35.5. The van der Waals surface area contributed by atoms with Crippen molar-refractivity contribution in [2.75, 3.05) is 78.5 Å². The Kier molecular flexibility index (Phi) is 45.6. The second kappa shape index (κ2) is 56.5. The van der Waals surface area contributed by atoms with Crippen LogP contribution >= 0.6 is 34.8 Å². The van der Waals surface area contributed by atoms with Gasteiger partial charge in [-0.25, -0.2) is 0 Å². The van der Waals surface area contributed by atoms with Gasteiger partial charge in [-0.2, -0.15) is 0 Å². The van der Waals surface area contributed by atoms with E-state index in [4.69, 9.17) is 63.2 Å². The highest BCUT2D eigenvalue weighted by molar-refractivity contribution is 6.31. The first-order valence-corrected chi connectivity index (χ1v) is 56.0. The number of esters is 6. The minimum absolute atomic E-state index is 0.0124. The number of benzene rings is 7. The van der Waals surface area contributed by atoms with Crippen LogP contribution in [-0.2, 0) is 62.6 Å². The van der Waals surface area contributed by atoms with Gasteiger partial charge in [0, 0.05) is 62.1 Å². The molecule has 0 bridgehead atoms. The van der Waals surface area contributed by atoms with E-state index in [0.717, 1.165) is 240 Å². The monoisotopic (exact) mass is 2050 g/mol. The smallest absolute Gasteiger partial charge is 0.318 e. The zero-order valence-electron chi connectivity index (χ0n) is 89.9. The van der Waals surface area contributed by atoms with Crippen molar-refractivity contribution >= 4 is 76.4 Å². The van der Waals surface area contributed by atoms with E-state index in [0.29, 0.717) is 68.0 Å². The number of carbonyl (C=O) groups excluding carboxylic acids is 7. The molecule has 6 saturated heterocycles. The third-order valence-corrected chi connectivity index (χ3v) is 33.6. The molecule has 9 aliphatic rings. The fraction of sp³-hybridized carbons (Fsp3) is 0.602. The summed E-state index contributed by atoms with van der Waals surface area (Å²) in [5.74, 6) is 1.47. The molecule has 0 spiro atoms. The summed E-state index contributed by atoms with van der Waals surface area (Å²) in [5.41, 5.74) is 3.71. The Hall–Kier alpha value is -8.34. The van der Waals surface area contributed by atoms with Crippen molar-refractivity contribution in [3.05, 3.63) is 248 Å². The van der Waals surface area contributed by atoms with E-state index in [2.05, 4.69) is 112 Å². The molecule has 3 saturated carbocycles. The van der Waals surface area contributed by atoms with E-state index in [-0.39, 0.29) is 88.8 Å². The number of carbonyl (C=O) groups is 7. The van der Waals surface area contributed by atoms with Gasteiger partial charge in [0.25, 0.3) is 0 Å². The molecule has 794 valence electrons. The van der Waals surface area contributed by atoms with Crippen LogP contribution < -0.4 is 31.9 Å². The minimum atomic E-state index is -0.498. The molecule has 7 aromatic rings. The van der Waals surface area contributed by atoms with E-state index in [9.17, 15) is 33.6 Å². The number of piperidine rings is 6. The SMILES string of the molecule is CC(C)(OC(=O)C(c1ccccc1)C1CCCC1)C1CCNCC1.CC(C)(OC(=O)C(c1ccccc1)C1CCCCC1)C1CCNCC1.CC(C)(OC(=O)C(c1ccccc1)c1ccccc1)C1CCNCC1.CC(C)(OC(=O)C1(c2ccc(Cl)cc2)CCCC1)C1CCNCC1.CC(C)C(C(=O)OC(C)(C)C1CCNCC1)c1ccc(Cl)cc1.CC(CC(=O)OC(C)(C)C1CCNCC1)C(=O)c1ccc(Cl)cc1. The normalized spacial score (nSPS) is 19.4. The van der Waals surface area contributed by atoms with Crippen LogP contribution in [0.1, 0.15) is 338 Å². The molecule has 16 rings (SSSR count).